The molecule has 0 spiro atoms. The molecule has 0 aliphatic carbocycles. The standard InChI is InChI=1S/C21H28N4O5/c1-4-5-10-25-18(26)14-15(19(25)27)21(11(2)3,30-20(28)29)24-16(14)12-6-8-13(9-7-12)17(22)23/h6-9,11,14-16,24H,4-5,10H2,1-3H3,(H3,22,23)(H,28,29). The SMILES string of the molecule is CCCCN1C(=O)C2C(c3ccc(C(=N)N)cc3)NC(OC(=O)O)(C(C)C)C2C1=O. The van der Waals surface area contributed by atoms with Crippen molar-refractivity contribution in [3.8, 4) is 0 Å². The number of likely N-dealkylation sites (tertiary alicyclic amines) is 1. The highest BCUT2D eigenvalue weighted by Crippen LogP contribution is 2.51. The fourth-order valence-electron chi connectivity index (χ4n) is 4.54. The molecule has 2 heterocycles. The van der Waals surface area contributed by atoms with E-state index < -0.39 is 41.6 Å². The average Bonchev–Trinajstić information content (AvgIpc) is 3.15. The molecule has 3 rings (SSSR count). The fraction of sp³-hybridized carbons (Fsp3) is 0.524. The Labute approximate surface area is 175 Å². The molecule has 2 amide bonds. The Morgan fingerprint density at radius 1 is 1.30 bits per heavy atom. The minimum absolute atomic E-state index is 0.0811. The van der Waals surface area contributed by atoms with Gasteiger partial charge in [0.2, 0.25) is 11.8 Å². The predicted octanol–water partition coefficient (Wildman–Crippen LogP) is 2.06. The van der Waals surface area contributed by atoms with Crippen molar-refractivity contribution >= 4 is 23.8 Å². The summed E-state index contributed by atoms with van der Waals surface area (Å²) in [5, 5.41) is 20.1. The van der Waals surface area contributed by atoms with E-state index in [0.29, 0.717) is 24.1 Å². The van der Waals surface area contributed by atoms with Crippen LogP contribution in [-0.2, 0) is 14.3 Å². The highest BCUT2D eigenvalue weighted by Gasteiger charge is 2.68. The van der Waals surface area contributed by atoms with Crippen LogP contribution in [0.4, 0.5) is 4.79 Å². The van der Waals surface area contributed by atoms with Crippen molar-refractivity contribution in [2.45, 2.75) is 45.4 Å². The number of imide groups is 1. The van der Waals surface area contributed by atoms with Crippen molar-refractivity contribution in [1.29, 1.82) is 5.41 Å². The Kier molecular flexibility index (Phi) is 5.85. The summed E-state index contributed by atoms with van der Waals surface area (Å²) in [6.07, 6.45) is -0.00650. The maximum absolute atomic E-state index is 13.3. The van der Waals surface area contributed by atoms with E-state index >= 15 is 0 Å². The van der Waals surface area contributed by atoms with Crippen LogP contribution in [0.2, 0.25) is 0 Å². The van der Waals surface area contributed by atoms with E-state index in [0.717, 1.165) is 6.42 Å². The molecular weight excluding hydrogens is 388 g/mol. The lowest BCUT2D eigenvalue weighted by molar-refractivity contribution is -0.148. The Bertz CT molecular complexity index is 869. The van der Waals surface area contributed by atoms with Crippen molar-refractivity contribution in [1.82, 2.24) is 10.2 Å². The lowest BCUT2D eigenvalue weighted by Gasteiger charge is -2.36. The first-order valence-corrected chi connectivity index (χ1v) is 10.1. The Hall–Kier alpha value is -2.94. The van der Waals surface area contributed by atoms with Gasteiger partial charge < -0.3 is 15.6 Å². The zero-order valence-corrected chi connectivity index (χ0v) is 17.3. The van der Waals surface area contributed by atoms with Gasteiger partial charge in [0.05, 0.1) is 5.92 Å². The number of carbonyl (C=O) groups is 3. The third-order valence-electron chi connectivity index (χ3n) is 6.07. The van der Waals surface area contributed by atoms with Gasteiger partial charge in [-0.25, -0.2) is 4.79 Å². The van der Waals surface area contributed by atoms with Crippen LogP contribution in [0.1, 0.15) is 50.8 Å². The van der Waals surface area contributed by atoms with Crippen molar-refractivity contribution in [3.05, 3.63) is 35.4 Å². The number of amidine groups is 1. The number of amides is 2. The number of nitrogens with one attached hydrogen (secondary N) is 2. The molecule has 4 atom stereocenters. The van der Waals surface area contributed by atoms with Crippen molar-refractivity contribution in [2.24, 2.45) is 23.5 Å². The summed E-state index contributed by atoms with van der Waals surface area (Å²) in [7, 11) is 0. The molecule has 162 valence electrons. The van der Waals surface area contributed by atoms with Crippen LogP contribution in [0.15, 0.2) is 24.3 Å². The molecule has 1 aromatic carbocycles. The first-order chi connectivity index (χ1) is 14.1. The Balaban J connectivity index is 2.08. The monoisotopic (exact) mass is 416 g/mol. The number of nitrogens with two attached hydrogens (primary N) is 1. The average molecular weight is 416 g/mol. The van der Waals surface area contributed by atoms with Gasteiger partial charge in [0.1, 0.15) is 11.8 Å². The van der Waals surface area contributed by atoms with Gasteiger partial charge in [0.15, 0.2) is 5.72 Å². The van der Waals surface area contributed by atoms with E-state index in [-0.39, 0.29) is 11.7 Å². The maximum Gasteiger partial charge on any atom is 0.507 e. The molecule has 9 heteroatoms. The quantitative estimate of drug-likeness (QED) is 0.230. The number of hydrogen-bond acceptors (Lipinski definition) is 6. The Morgan fingerprint density at radius 3 is 2.43 bits per heavy atom. The number of benzene rings is 1. The molecule has 1 aromatic rings. The van der Waals surface area contributed by atoms with Gasteiger partial charge >= 0.3 is 6.16 Å². The summed E-state index contributed by atoms with van der Waals surface area (Å²) in [6, 6.07) is 6.18. The van der Waals surface area contributed by atoms with Crippen LogP contribution in [0.5, 0.6) is 0 Å². The van der Waals surface area contributed by atoms with Crippen LogP contribution in [0, 0.1) is 23.2 Å². The van der Waals surface area contributed by atoms with E-state index in [1.54, 1.807) is 38.1 Å². The first-order valence-electron chi connectivity index (χ1n) is 10.1. The number of ether oxygens (including phenoxy) is 1. The van der Waals surface area contributed by atoms with E-state index in [1.165, 1.54) is 4.90 Å². The summed E-state index contributed by atoms with van der Waals surface area (Å²) in [6.45, 7) is 5.80. The molecule has 2 fully saturated rings. The van der Waals surface area contributed by atoms with Crippen molar-refractivity contribution in [3.63, 3.8) is 0 Å². The smallest absolute Gasteiger partial charge is 0.450 e. The molecule has 5 N–H and O–H groups in total. The van der Waals surface area contributed by atoms with Crippen LogP contribution >= 0.6 is 0 Å². The van der Waals surface area contributed by atoms with Crippen LogP contribution in [-0.4, -0.2) is 46.1 Å². The highest BCUT2D eigenvalue weighted by atomic mass is 16.7. The van der Waals surface area contributed by atoms with Gasteiger partial charge in [-0.15, -0.1) is 0 Å². The number of carbonyl (C=O) groups excluding carboxylic acids is 2. The minimum atomic E-state index is -1.52. The van der Waals surface area contributed by atoms with Gasteiger partial charge in [-0.1, -0.05) is 51.5 Å². The van der Waals surface area contributed by atoms with Gasteiger partial charge in [0, 0.05) is 24.1 Å². The molecule has 30 heavy (non-hydrogen) atoms. The molecular formula is C21H28N4O5. The fourth-order valence-corrected chi connectivity index (χ4v) is 4.54. The lowest BCUT2D eigenvalue weighted by atomic mass is 9.81. The van der Waals surface area contributed by atoms with E-state index in [9.17, 15) is 19.5 Å². The maximum atomic E-state index is 13.3. The number of rotatable bonds is 7. The summed E-state index contributed by atoms with van der Waals surface area (Å²) in [4.78, 5) is 39.3. The highest BCUT2D eigenvalue weighted by molar-refractivity contribution is 6.07. The zero-order chi connectivity index (χ0) is 22.2. The molecule has 0 radical (unpaired) electrons. The van der Waals surface area contributed by atoms with Crippen molar-refractivity contribution in [2.75, 3.05) is 6.54 Å². The zero-order valence-electron chi connectivity index (χ0n) is 17.3. The van der Waals surface area contributed by atoms with Gasteiger partial charge in [-0.2, -0.15) is 0 Å². The summed E-state index contributed by atoms with van der Waals surface area (Å²) >= 11 is 0. The third-order valence-corrected chi connectivity index (χ3v) is 6.07. The number of carboxylic acid groups (broad SMARTS) is 1. The van der Waals surface area contributed by atoms with E-state index in [1.807, 2.05) is 6.92 Å². The van der Waals surface area contributed by atoms with Crippen LogP contribution in [0.3, 0.4) is 0 Å². The second kappa shape index (κ2) is 8.06. The number of hydrogen-bond donors (Lipinski definition) is 4. The second-order valence-electron chi connectivity index (χ2n) is 8.16. The van der Waals surface area contributed by atoms with Gasteiger partial charge in [-0.05, 0) is 12.0 Å². The first kappa shape index (κ1) is 21.8. The van der Waals surface area contributed by atoms with E-state index in [4.69, 9.17) is 15.9 Å². The number of unbranched alkanes of at least 4 members (excludes halogenated alkanes) is 1. The topological polar surface area (TPSA) is 146 Å². The van der Waals surface area contributed by atoms with E-state index in [2.05, 4.69) is 5.32 Å². The molecule has 0 bridgehead atoms. The molecule has 2 aliphatic rings. The third kappa shape index (κ3) is 3.43. The summed E-state index contributed by atoms with van der Waals surface area (Å²) in [5.41, 5.74) is 5.23. The summed E-state index contributed by atoms with van der Waals surface area (Å²) < 4.78 is 5.31. The molecule has 0 saturated carbocycles. The normalized spacial score (nSPS) is 28.1. The Morgan fingerprint density at radius 2 is 1.93 bits per heavy atom. The molecule has 0 aromatic heterocycles. The van der Waals surface area contributed by atoms with Crippen LogP contribution < -0.4 is 11.1 Å². The number of fused-ring (bicyclic) bond motifs is 1. The van der Waals surface area contributed by atoms with Crippen LogP contribution in [0.25, 0.3) is 0 Å². The van der Waals surface area contributed by atoms with Gasteiger partial charge in [0.25, 0.3) is 0 Å². The number of nitrogens with zero attached hydrogens (tertiary/aromatic N) is 1. The molecule has 9 nitrogen and oxygen atoms in total. The minimum Gasteiger partial charge on any atom is -0.450 e. The molecule has 2 aliphatic heterocycles. The van der Waals surface area contributed by atoms with Gasteiger partial charge in [-0.3, -0.25) is 25.2 Å². The lowest BCUT2D eigenvalue weighted by Crippen LogP contribution is -2.56. The summed E-state index contributed by atoms with van der Waals surface area (Å²) in [5.74, 6) is -2.92. The second-order valence-corrected chi connectivity index (χ2v) is 8.16. The molecule has 2 saturated heterocycles. The predicted molar refractivity (Wildman–Crippen MR) is 109 cm³/mol. The molecule has 4 unspecified atom stereocenters. The number of nitrogen functional groups attached to an aromatic ring is 1. The van der Waals surface area contributed by atoms with Crippen molar-refractivity contribution < 1.29 is 24.2 Å². The largest absolute Gasteiger partial charge is 0.507 e.